The first-order chi connectivity index (χ1) is 13.3. The van der Waals surface area contributed by atoms with Crippen LogP contribution in [-0.4, -0.2) is 17.8 Å². The molecule has 28 heavy (non-hydrogen) atoms. The van der Waals surface area contributed by atoms with Crippen LogP contribution in [0, 0.1) is 0 Å². The van der Waals surface area contributed by atoms with Crippen LogP contribution in [0.25, 0.3) is 11.1 Å². The van der Waals surface area contributed by atoms with Crippen LogP contribution in [0.3, 0.4) is 0 Å². The first-order valence-electron chi connectivity index (χ1n) is 10.2. The van der Waals surface area contributed by atoms with E-state index in [0.717, 1.165) is 0 Å². The number of benzene rings is 2. The molecule has 1 heteroatoms. The molecule has 4 rings (SSSR count). The summed E-state index contributed by atoms with van der Waals surface area (Å²) in [7, 11) is -1.02. The van der Waals surface area contributed by atoms with Crippen molar-refractivity contribution in [3.05, 3.63) is 93.6 Å². The van der Waals surface area contributed by atoms with Crippen molar-refractivity contribution in [1.29, 1.82) is 0 Å². The second kappa shape index (κ2) is 6.81. The summed E-state index contributed by atoms with van der Waals surface area (Å²) in [4.78, 5) is 0. The molecule has 2 aromatic rings. The Morgan fingerprint density at radius 3 is 1.75 bits per heavy atom. The summed E-state index contributed by atoms with van der Waals surface area (Å²) in [6.07, 6.45) is 5.14. The Labute approximate surface area is 172 Å². The highest BCUT2D eigenvalue weighted by Crippen LogP contribution is 2.70. The van der Waals surface area contributed by atoms with E-state index in [9.17, 15) is 0 Å². The predicted octanol–water partition coefficient (Wildman–Crippen LogP) is 7.79. The molecule has 0 aromatic heterocycles. The summed E-state index contributed by atoms with van der Waals surface area (Å²) in [6.45, 7) is 11.7. The SMILES string of the molecule is CC1=C(C)C(S(C)(C)C2C(c3ccccc3)=C(C)c3ccccc32)C(C)=C1C. The molecular formula is C27H32S. The summed E-state index contributed by atoms with van der Waals surface area (Å²) >= 11 is 0. The molecule has 1 unspecified atom stereocenters. The molecule has 0 saturated carbocycles. The average Bonchev–Trinajstić information content (AvgIpc) is 3.10. The zero-order valence-electron chi connectivity index (χ0n) is 18.3. The normalized spacial score (nSPS) is 21.0. The molecule has 0 aliphatic heterocycles. The van der Waals surface area contributed by atoms with Gasteiger partial charge in [0.2, 0.25) is 0 Å². The minimum atomic E-state index is -1.02. The maximum atomic E-state index is 2.57. The third-order valence-corrected chi connectivity index (χ3v) is 10.8. The molecule has 0 saturated heterocycles. The van der Waals surface area contributed by atoms with Crippen molar-refractivity contribution in [3.8, 4) is 0 Å². The maximum Gasteiger partial charge on any atom is 0.0410 e. The van der Waals surface area contributed by atoms with Crippen LogP contribution in [-0.2, 0) is 0 Å². The predicted molar refractivity (Wildman–Crippen MR) is 128 cm³/mol. The summed E-state index contributed by atoms with van der Waals surface area (Å²) in [5, 5.41) is 1.04. The molecule has 2 aliphatic carbocycles. The molecule has 0 N–H and O–H groups in total. The van der Waals surface area contributed by atoms with E-state index in [1.165, 1.54) is 33.4 Å². The van der Waals surface area contributed by atoms with Crippen LogP contribution in [0.15, 0.2) is 76.9 Å². The third-order valence-electron chi connectivity index (χ3n) is 7.15. The quantitative estimate of drug-likeness (QED) is 0.503. The van der Waals surface area contributed by atoms with Gasteiger partial charge in [-0.2, -0.15) is 0 Å². The highest BCUT2D eigenvalue weighted by atomic mass is 32.3. The molecule has 2 aliphatic rings. The number of hydrogen-bond acceptors (Lipinski definition) is 0. The molecular weight excluding hydrogens is 356 g/mol. The number of rotatable bonds is 3. The number of hydrogen-bond donors (Lipinski definition) is 0. The Balaban J connectivity index is 1.94. The van der Waals surface area contributed by atoms with E-state index in [4.69, 9.17) is 0 Å². The van der Waals surface area contributed by atoms with Crippen molar-refractivity contribution in [3.63, 3.8) is 0 Å². The standard InChI is InChI=1S/C27H32S/c1-17-18(2)20(4)26(19(17)3)28(6,7)27-24-16-12-11-15-23(24)21(5)25(27)22-13-9-8-10-14-22/h8-16,26-27H,1-7H3. The molecule has 0 radical (unpaired) electrons. The van der Waals surface area contributed by atoms with Gasteiger partial charge in [-0.15, -0.1) is 0 Å². The average molecular weight is 389 g/mol. The van der Waals surface area contributed by atoms with E-state index in [1.807, 2.05) is 0 Å². The Morgan fingerprint density at radius 2 is 1.14 bits per heavy atom. The highest BCUT2D eigenvalue weighted by molar-refractivity contribution is 8.33. The summed E-state index contributed by atoms with van der Waals surface area (Å²) in [5.74, 6) is 0. The molecule has 0 fully saturated rings. The molecule has 0 heterocycles. The van der Waals surface area contributed by atoms with Gasteiger partial charge in [0.15, 0.2) is 0 Å². The van der Waals surface area contributed by atoms with Gasteiger partial charge in [0, 0.05) is 10.5 Å². The number of fused-ring (bicyclic) bond motifs is 1. The second-order valence-corrected chi connectivity index (χ2v) is 12.8. The summed E-state index contributed by atoms with van der Waals surface area (Å²) < 4.78 is 0. The van der Waals surface area contributed by atoms with Crippen LogP contribution in [0.5, 0.6) is 0 Å². The molecule has 2 aromatic carbocycles. The fraction of sp³-hybridized carbons (Fsp3) is 0.333. The van der Waals surface area contributed by atoms with Gasteiger partial charge in [-0.3, -0.25) is 0 Å². The van der Waals surface area contributed by atoms with E-state index in [1.54, 1.807) is 16.7 Å². The Kier molecular flexibility index (Phi) is 4.70. The van der Waals surface area contributed by atoms with Gasteiger partial charge in [-0.1, -0.05) is 65.7 Å². The monoisotopic (exact) mass is 388 g/mol. The van der Waals surface area contributed by atoms with Crippen molar-refractivity contribution in [2.45, 2.75) is 45.1 Å². The van der Waals surface area contributed by atoms with Gasteiger partial charge < -0.3 is 0 Å². The van der Waals surface area contributed by atoms with Gasteiger partial charge in [0.1, 0.15) is 0 Å². The Morgan fingerprint density at radius 1 is 0.607 bits per heavy atom. The van der Waals surface area contributed by atoms with E-state index < -0.39 is 10.0 Å². The smallest absolute Gasteiger partial charge is 0.0410 e. The van der Waals surface area contributed by atoms with Crippen LogP contribution in [0.4, 0.5) is 0 Å². The first kappa shape index (κ1) is 19.3. The van der Waals surface area contributed by atoms with Crippen LogP contribution in [0.1, 0.15) is 56.6 Å². The van der Waals surface area contributed by atoms with Gasteiger partial charge in [-0.05, 0) is 86.1 Å². The lowest BCUT2D eigenvalue weighted by Crippen LogP contribution is -2.23. The van der Waals surface area contributed by atoms with Gasteiger partial charge >= 0.3 is 0 Å². The van der Waals surface area contributed by atoms with Gasteiger partial charge in [-0.25, -0.2) is 10.0 Å². The minimum absolute atomic E-state index is 0.472. The first-order valence-corrected chi connectivity index (χ1v) is 12.8. The Bertz CT molecular complexity index is 1010. The van der Waals surface area contributed by atoms with E-state index in [-0.39, 0.29) is 0 Å². The van der Waals surface area contributed by atoms with Crippen molar-refractivity contribution < 1.29 is 0 Å². The van der Waals surface area contributed by atoms with Crippen LogP contribution >= 0.6 is 10.0 Å². The molecule has 0 nitrogen and oxygen atoms in total. The van der Waals surface area contributed by atoms with Crippen molar-refractivity contribution in [1.82, 2.24) is 0 Å². The fourth-order valence-corrected chi connectivity index (χ4v) is 9.77. The van der Waals surface area contributed by atoms with Crippen molar-refractivity contribution >= 4 is 21.2 Å². The fourth-order valence-electron chi connectivity index (χ4n) is 5.54. The summed E-state index contributed by atoms with van der Waals surface area (Å²) in [5.41, 5.74) is 13.6. The zero-order valence-corrected chi connectivity index (χ0v) is 19.1. The third kappa shape index (κ3) is 2.67. The van der Waals surface area contributed by atoms with E-state index >= 15 is 0 Å². The van der Waals surface area contributed by atoms with E-state index in [2.05, 4.69) is 102 Å². The van der Waals surface area contributed by atoms with Crippen LogP contribution in [0.2, 0.25) is 0 Å². The maximum absolute atomic E-state index is 2.57. The topological polar surface area (TPSA) is 0 Å². The second-order valence-electron chi connectivity index (χ2n) is 8.86. The molecule has 146 valence electrons. The lowest BCUT2D eigenvalue weighted by molar-refractivity contribution is 1.11. The largest absolute Gasteiger partial charge is 0.226 e. The molecule has 0 spiro atoms. The highest BCUT2D eigenvalue weighted by Gasteiger charge is 2.44. The van der Waals surface area contributed by atoms with Gasteiger partial charge in [0.05, 0.1) is 0 Å². The zero-order chi connectivity index (χ0) is 20.2. The Hall–Kier alpha value is -1.99. The van der Waals surface area contributed by atoms with Crippen LogP contribution < -0.4 is 0 Å². The molecule has 0 amide bonds. The van der Waals surface area contributed by atoms with E-state index in [0.29, 0.717) is 10.5 Å². The minimum Gasteiger partial charge on any atom is -0.226 e. The summed E-state index contributed by atoms with van der Waals surface area (Å²) in [6, 6.07) is 20.2. The lowest BCUT2D eigenvalue weighted by atomic mass is 10.0. The van der Waals surface area contributed by atoms with Crippen molar-refractivity contribution in [2.75, 3.05) is 12.5 Å². The molecule has 1 atom stereocenters. The lowest BCUT2D eigenvalue weighted by Gasteiger charge is -2.47. The number of allylic oxidation sites excluding steroid dienone is 3. The molecule has 0 bridgehead atoms. The van der Waals surface area contributed by atoms with Crippen molar-refractivity contribution in [2.24, 2.45) is 0 Å². The van der Waals surface area contributed by atoms with Gasteiger partial charge in [0.25, 0.3) is 0 Å².